The van der Waals surface area contributed by atoms with Crippen molar-refractivity contribution in [2.75, 3.05) is 7.05 Å². The second-order valence-corrected chi connectivity index (χ2v) is 8.70. The Hall–Kier alpha value is -2.71. The molecule has 0 saturated heterocycles. The molecule has 8 heteroatoms. The third-order valence-electron chi connectivity index (χ3n) is 5.88. The molecule has 150 valence electrons. The summed E-state index contributed by atoms with van der Waals surface area (Å²) in [4.78, 5) is 28.1. The van der Waals surface area contributed by atoms with Crippen molar-refractivity contribution < 1.29 is 9.90 Å². The van der Waals surface area contributed by atoms with Gasteiger partial charge in [0.05, 0.1) is 11.0 Å². The third-order valence-corrected chi connectivity index (χ3v) is 6.85. The molecule has 4 aromatic rings. The van der Waals surface area contributed by atoms with Crippen LogP contribution in [0.1, 0.15) is 59.3 Å². The van der Waals surface area contributed by atoms with Gasteiger partial charge in [0.2, 0.25) is 0 Å². The summed E-state index contributed by atoms with van der Waals surface area (Å²) >= 11 is 1.42. The number of carbonyl (C=O) groups excluding carboxylic acids is 1. The Bertz CT molecular complexity index is 1160. The monoisotopic (exact) mass is 409 g/mol. The van der Waals surface area contributed by atoms with E-state index in [0.29, 0.717) is 16.7 Å². The number of hydrogen-bond acceptors (Lipinski definition) is 5. The predicted octanol–water partition coefficient (Wildman–Crippen LogP) is 3.76. The molecule has 29 heavy (non-hydrogen) atoms. The number of aromatic nitrogens is 4. The van der Waals surface area contributed by atoms with Crippen LogP contribution in [0, 0.1) is 0 Å². The van der Waals surface area contributed by atoms with Gasteiger partial charge in [0.15, 0.2) is 4.96 Å². The number of aromatic amines is 1. The molecule has 3 aromatic heterocycles. The summed E-state index contributed by atoms with van der Waals surface area (Å²) in [5, 5.41) is 10.5. The van der Waals surface area contributed by atoms with Crippen LogP contribution in [0.2, 0.25) is 0 Å². The van der Waals surface area contributed by atoms with Crippen LogP contribution < -0.4 is 0 Å². The summed E-state index contributed by atoms with van der Waals surface area (Å²) in [7, 11) is 1.92. The van der Waals surface area contributed by atoms with Crippen molar-refractivity contribution in [1.29, 1.82) is 0 Å². The van der Waals surface area contributed by atoms with Crippen LogP contribution in [-0.4, -0.2) is 48.4 Å². The summed E-state index contributed by atoms with van der Waals surface area (Å²) in [6.07, 6.45) is 10.2. The summed E-state index contributed by atoms with van der Waals surface area (Å²) in [5.41, 5.74) is 2.44. The molecule has 5 rings (SSSR count). The Labute approximate surface area is 172 Å². The van der Waals surface area contributed by atoms with Gasteiger partial charge in [-0.3, -0.25) is 9.20 Å². The minimum absolute atomic E-state index is 0.0745. The molecule has 3 heterocycles. The zero-order valence-electron chi connectivity index (χ0n) is 16.2. The molecule has 1 unspecified atom stereocenters. The molecule has 0 bridgehead atoms. The molecule has 1 aliphatic carbocycles. The van der Waals surface area contributed by atoms with E-state index in [4.69, 9.17) is 0 Å². The molecule has 1 fully saturated rings. The van der Waals surface area contributed by atoms with Gasteiger partial charge >= 0.3 is 0 Å². The van der Waals surface area contributed by atoms with Crippen LogP contribution in [0.25, 0.3) is 16.0 Å². The number of rotatable bonds is 4. The zero-order chi connectivity index (χ0) is 20.0. The summed E-state index contributed by atoms with van der Waals surface area (Å²) in [6, 6.07) is 6.02. The van der Waals surface area contributed by atoms with E-state index in [1.807, 2.05) is 40.7 Å². The smallest absolute Gasteiger partial charge is 0.265 e. The van der Waals surface area contributed by atoms with Crippen LogP contribution >= 0.6 is 11.3 Å². The Morgan fingerprint density at radius 3 is 2.93 bits per heavy atom. The van der Waals surface area contributed by atoms with Crippen LogP contribution in [-0.2, 0) is 0 Å². The molecule has 0 radical (unpaired) electrons. The molecule has 0 aliphatic heterocycles. The Morgan fingerprint density at radius 1 is 1.34 bits per heavy atom. The minimum Gasteiger partial charge on any atom is -0.380 e. The van der Waals surface area contributed by atoms with Crippen molar-refractivity contribution in [3.63, 3.8) is 0 Å². The fourth-order valence-corrected chi connectivity index (χ4v) is 5.17. The van der Waals surface area contributed by atoms with Crippen molar-refractivity contribution in [1.82, 2.24) is 24.3 Å². The highest BCUT2D eigenvalue weighted by molar-refractivity contribution is 7.18. The van der Waals surface area contributed by atoms with Gasteiger partial charge in [-0.2, -0.15) is 0 Å². The number of amides is 1. The van der Waals surface area contributed by atoms with Crippen LogP contribution in [0.4, 0.5) is 0 Å². The van der Waals surface area contributed by atoms with E-state index in [-0.39, 0.29) is 5.91 Å². The maximum atomic E-state index is 13.0. The van der Waals surface area contributed by atoms with Gasteiger partial charge in [-0.1, -0.05) is 36.7 Å². The molecule has 1 atom stereocenters. The van der Waals surface area contributed by atoms with Gasteiger partial charge in [-0.05, 0) is 30.5 Å². The normalized spacial score (nSPS) is 16.5. The summed E-state index contributed by atoms with van der Waals surface area (Å²) in [5.74, 6) is 0.578. The van der Waals surface area contributed by atoms with E-state index in [9.17, 15) is 9.90 Å². The van der Waals surface area contributed by atoms with Gasteiger partial charge in [0.25, 0.3) is 5.91 Å². The van der Waals surface area contributed by atoms with Crippen molar-refractivity contribution in [2.24, 2.45) is 0 Å². The molecule has 1 aliphatic rings. The summed E-state index contributed by atoms with van der Waals surface area (Å²) in [6.45, 7) is 0. The van der Waals surface area contributed by atoms with Crippen LogP contribution in [0.3, 0.4) is 0 Å². The molecule has 1 saturated carbocycles. The number of aliphatic hydroxyl groups is 1. The van der Waals surface area contributed by atoms with Gasteiger partial charge in [-0.15, -0.1) is 0 Å². The Balaban J connectivity index is 1.44. The lowest BCUT2D eigenvalue weighted by atomic mass is 9.94. The van der Waals surface area contributed by atoms with Crippen molar-refractivity contribution in [3.8, 4) is 0 Å². The standard InChI is InChI=1S/C21H23N5O2S/c1-25(14-5-3-2-4-6-14)20(28)17-12-26-16-8-7-13(11-15(16)24-21(26)29-17)18(27)19-22-9-10-23-19/h7-12,14,18,27H,2-6H2,1H3,(H,22,23). The lowest BCUT2D eigenvalue weighted by Gasteiger charge is -2.30. The SMILES string of the molecule is CN(C(=O)c1cn2c(nc3cc(C(O)c4ncc[nH]4)ccc32)s1)C1CCCCC1. The van der Waals surface area contributed by atoms with E-state index in [1.54, 1.807) is 12.4 Å². The van der Waals surface area contributed by atoms with E-state index in [2.05, 4.69) is 15.0 Å². The second kappa shape index (κ2) is 7.27. The average Bonchev–Trinajstić information content (AvgIpc) is 3.48. The number of aliphatic hydroxyl groups excluding tert-OH is 1. The quantitative estimate of drug-likeness (QED) is 0.537. The second-order valence-electron chi connectivity index (χ2n) is 7.69. The van der Waals surface area contributed by atoms with Gasteiger partial charge in [0.1, 0.15) is 16.8 Å². The first kappa shape index (κ1) is 18.3. The fraction of sp³-hybridized carbons (Fsp3) is 0.381. The molecule has 1 amide bonds. The van der Waals surface area contributed by atoms with Gasteiger partial charge < -0.3 is 15.0 Å². The van der Waals surface area contributed by atoms with Gasteiger partial charge in [-0.25, -0.2) is 9.97 Å². The molecule has 1 aromatic carbocycles. The predicted molar refractivity (Wildman–Crippen MR) is 112 cm³/mol. The topological polar surface area (TPSA) is 86.5 Å². The average molecular weight is 410 g/mol. The number of nitrogens with zero attached hydrogens (tertiary/aromatic N) is 4. The van der Waals surface area contributed by atoms with E-state index in [1.165, 1.54) is 30.6 Å². The van der Waals surface area contributed by atoms with Gasteiger partial charge in [0, 0.05) is 31.7 Å². The molecule has 7 nitrogen and oxygen atoms in total. The maximum absolute atomic E-state index is 13.0. The first-order valence-electron chi connectivity index (χ1n) is 9.98. The fourth-order valence-electron chi connectivity index (χ4n) is 4.19. The number of carbonyl (C=O) groups is 1. The molecular formula is C21H23N5O2S. The zero-order valence-corrected chi connectivity index (χ0v) is 17.0. The highest BCUT2D eigenvalue weighted by Crippen LogP contribution is 2.29. The number of benzene rings is 1. The van der Waals surface area contributed by atoms with E-state index < -0.39 is 6.10 Å². The van der Waals surface area contributed by atoms with E-state index >= 15 is 0 Å². The molecular weight excluding hydrogens is 386 g/mol. The third kappa shape index (κ3) is 3.22. The minimum atomic E-state index is -0.824. The number of thiazole rings is 1. The highest BCUT2D eigenvalue weighted by atomic mass is 32.1. The Kier molecular flexibility index (Phi) is 4.60. The van der Waals surface area contributed by atoms with E-state index in [0.717, 1.165) is 34.4 Å². The number of fused-ring (bicyclic) bond motifs is 3. The highest BCUT2D eigenvalue weighted by Gasteiger charge is 2.25. The number of imidazole rings is 2. The number of hydrogen-bond donors (Lipinski definition) is 2. The van der Waals surface area contributed by atoms with Crippen molar-refractivity contribution >= 4 is 33.2 Å². The van der Waals surface area contributed by atoms with Crippen molar-refractivity contribution in [3.05, 3.63) is 53.1 Å². The number of H-pyrrole nitrogens is 1. The summed E-state index contributed by atoms with van der Waals surface area (Å²) < 4.78 is 1.96. The largest absolute Gasteiger partial charge is 0.380 e. The number of nitrogens with one attached hydrogen (secondary N) is 1. The molecule has 0 spiro atoms. The molecule has 2 N–H and O–H groups in total. The first-order chi connectivity index (χ1) is 14.1. The van der Waals surface area contributed by atoms with Crippen LogP contribution in [0.15, 0.2) is 36.8 Å². The lowest BCUT2D eigenvalue weighted by molar-refractivity contribution is 0.0701. The Morgan fingerprint density at radius 2 is 2.17 bits per heavy atom. The lowest BCUT2D eigenvalue weighted by Crippen LogP contribution is -2.37. The van der Waals surface area contributed by atoms with Crippen molar-refractivity contribution in [2.45, 2.75) is 44.2 Å². The maximum Gasteiger partial charge on any atom is 0.265 e. The van der Waals surface area contributed by atoms with Crippen LogP contribution in [0.5, 0.6) is 0 Å². The first-order valence-corrected chi connectivity index (χ1v) is 10.8.